The van der Waals surface area contributed by atoms with Crippen molar-refractivity contribution in [1.29, 1.82) is 0 Å². The average molecular weight is 577 g/mol. The molecule has 0 atom stereocenters. The number of fused-ring (bicyclic) bond motifs is 1. The first-order valence-corrected chi connectivity index (χ1v) is 11.9. The molecule has 0 bridgehead atoms. The third kappa shape index (κ3) is 10.2. The molecule has 5 N–H and O–H groups in total. The molecule has 2 aromatic rings. The van der Waals surface area contributed by atoms with Crippen LogP contribution < -0.4 is 20.1 Å². The molecule has 39 heavy (non-hydrogen) atoms. The van der Waals surface area contributed by atoms with Gasteiger partial charge in [0, 0.05) is 10.4 Å². The molecule has 0 saturated heterocycles. The number of carbonyl (C=O) groups is 5. The summed E-state index contributed by atoms with van der Waals surface area (Å²) in [7, 11) is 0. The predicted octanol–water partition coefficient (Wildman–Crippen LogP) is 1.61. The SMILES string of the molecule is O=C(O)C(F)(F)F.O=C(O)COc1ccc(C(=O)CNC(=O)c2cc3c(s2)CCNCC3)cc1OCC(=O)O. The molecule has 1 aromatic carbocycles. The summed E-state index contributed by atoms with van der Waals surface area (Å²) in [6.45, 7) is 0.105. The topological polar surface area (TPSA) is 189 Å². The first-order chi connectivity index (χ1) is 18.3. The highest BCUT2D eigenvalue weighted by Crippen LogP contribution is 2.29. The number of ether oxygens (including phenoxy) is 2. The van der Waals surface area contributed by atoms with Crippen LogP contribution in [-0.4, -0.2) is 83.9 Å². The number of nitrogens with one attached hydrogen (secondary N) is 2. The molecular formula is C23H23F3N2O10S. The van der Waals surface area contributed by atoms with Crippen LogP contribution in [0.1, 0.15) is 30.5 Å². The zero-order valence-electron chi connectivity index (χ0n) is 20.0. The van der Waals surface area contributed by atoms with Crippen LogP contribution in [0.2, 0.25) is 0 Å². The normalized spacial score (nSPS) is 12.6. The highest BCUT2D eigenvalue weighted by Gasteiger charge is 2.38. The molecule has 1 aliphatic heterocycles. The van der Waals surface area contributed by atoms with E-state index < -0.39 is 43.1 Å². The van der Waals surface area contributed by atoms with Crippen LogP contribution >= 0.6 is 11.3 Å². The summed E-state index contributed by atoms with van der Waals surface area (Å²) in [5, 5.41) is 30.6. The maximum atomic E-state index is 12.6. The highest BCUT2D eigenvalue weighted by molar-refractivity contribution is 7.14. The number of hydrogen-bond acceptors (Lipinski definition) is 9. The van der Waals surface area contributed by atoms with Crippen LogP contribution in [0.3, 0.4) is 0 Å². The van der Waals surface area contributed by atoms with Gasteiger partial charge >= 0.3 is 24.1 Å². The Morgan fingerprint density at radius 2 is 1.51 bits per heavy atom. The molecule has 0 aliphatic carbocycles. The van der Waals surface area contributed by atoms with E-state index in [2.05, 4.69) is 10.6 Å². The first-order valence-electron chi connectivity index (χ1n) is 11.0. The summed E-state index contributed by atoms with van der Waals surface area (Å²) in [6.07, 6.45) is -3.37. The fourth-order valence-electron chi connectivity index (χ4n) is 3.09. The molecule has 0 radical (unpaired) electrons. The fourth-order valence-corrected chi connectivity index (χ4v) is 4.22. The van der Waals surface area contributed by atoms with Gasteiger partial charge in [-0.1, -0.05) is 0 Å². The summed E-state index contributed by atoms with van der Waals surface area (Å²) in [5.41, 5.74) is 1.30. The Kier molecular flexibility index (Phi) is 11.2. The Morgan fingerprint density at radius 1 is 0.923 bits per heavy atom. The van der Waals surface area contributed by atoms with Gasteiger partial charge in [-0.2, -0.15) is 13.2 Å². The number of alkyl halides is 3. The number of benzene rings is 1. The zero-order valence-corrected chi connectivity index (χ0v) is 20.8. The quantitative estimate of drug-likeness (QED) is 0.259. The summed E-state index contributed by atoms with van der Waals surface area (Å²) in [6, 6.07) is 5.83. The van der Waals surface area contributed by atoms with Crippen molar-refractivity contribution >= 4 is 40.9 Å². The second-order valence-electron chi connectivity index (χ2n) is 7.74. The second kappa shape index (κ2) is 14.1. The minimum atomic E-state index is -5.08. The lowest BCUT2D eigenvalue weighted by atomic mass is 10.1. The van der Waals surface area contributed by atoms with Crippen LogP contribution in [0.15, 0.2) is 24.3 Å². The van der Waals surface area contributed by atoms with E-state index in [1.165, 1.54) is 34.4 Å². The van der Waals surface area contributed by atoms with Crippen LogP contribution in [0, 0.1) is 0 Å². The number of amides is 1. The molecule has 1 aliphatic rings. The van der Waals surface area contributed by atoms with Crippen molar-refractivity contribution in [2.24, 2.45) is 0 Å². The number of Topliss-reactive ketones (excluding diaryl/α,β-unsaturated/α-hetero) is 1. The number of carboxylic acids is 3. The maximum Gasteiger partial charge on any atom is 0.490 e. The number of thiophene rings is 1. The molecule has 2 heterocycles. The van der Waals surface area contributed by atoms with Gasteiger partial charge in [0.2, 0.25) is 0 Å². The van der Waals surface area contributed by atoms with Gasteiger partial charge < -0.3 is 35.4 Å². The van der Waals surface area contributed by atoms with E-state index in [1.54, 1.807) is 0 Å². The van der Waals surface area contributed by atoms with E-state index in [0.29, 0.717) is 4.88 Å². The Bertz CT molecular complexity index is 1210. The fraction of sp³-hybridized carbons (Fsp3) is 0.348. The molecule has 3 rings (SSSR count). The number of hydrogen-bond donors (Lipinski definition) is 5. The van der Waals surface area contributed by atoms with E-state index in [4.69, 9.17) is 29.6 Å². The van der Waals surface area contributed by atoms with Crippen molar-refractivity contribution in [3.8, 4) is 11.5 Å². The summed E-state index contributed by atoms with van der Waals surface area (Å²) < 4.78 is 41.9. The Labute approximate surface area is 222 Å². The number of ketones is 1. The first kappa shape index (κ1) is 31.0. The summed E-state index contributed by atoms with van der Waals surface area (Å²) in [5.74, 6) is -6.08. The van der Waals surface area contributed by atoms with Crippen LogP contribution in [0.5, 0.6) is 11.5 Å². The molecule has 212 valence electrons. The Morgan fingerprint density at radius 3 is 2.10 bits per heavy atom. The van der Waals surface area contributed by atoms with E-state index in [1.807, 2.05) is 6.07 Å². The molecule has 0 saturated carbocycles. The van der Waals surface area contributed by atoms with Crippen molar-refractivity contribution in [2.45, 2.75) is 19.0 Å². The Balaban J connectivity index is 0.000000673. The van der Waals surface area contributed by atoms with Crippen molar-refractivity contribution in [1.82, 2.24) is 10.6 Å². The molecule has 0 fully saturated rings. The monoisotopic (exact) mass is 576 g/mol. The molecule has 1 amide bonds. The van der Waals surface area contributed by atoms with Gasteiger partial charge in [-0.3, -0.25) is 9.59 Å². The maximum absolute atomic E-state index is 12.6. The lowest BCUT2D eigenvalue weighted by molar-refractivity contribution is -0.192. The van der Waals surface area contributed by atoms with Crippen LogP contribution in [0.4, 0.5) is 13.2 Å². The van der Waals surface area contributed by atoms with Crippen molar-refractivity contribution in [2.75, 3.05) is 32.8 Å². The lowest BCUT2D eigenvalue weighted by Crippen LogP contribution is -2.29. The van der Waals surface area contributed by atoms with E-state index in [0.717, 1.165) is 31.5 Å². The van der Waals surface area contributed by atoms with Crippen molar-refractivity contribution < 1.29 is 61.9 Å². The number of carboxylic acid groups (broad SMARTS) is 3. The molecule has 1 aromatic heterocycles. The predicted molar refractivity (Wildman–Crippen MR) is 128 cm³/mol. The second-order valence-corrected chi connectivity index (χ2v) is 8.88. The number of carbonyl (C=O) groups excluding carboxylic acids is 2. The van der Waals surface area contributed by atoms with Crippen LogP contribution in [-0.2, 0) is 27.2 Å². The molecule has 0 unspecified atom stereocenters. The summed E-state index contributed by atoms with van der Waals surface area (Å²) in [4.78, 5) is 57.2. The lowest BCUT2D eigenvalue weighted by Gasteiger charge is -2.12. The van der Waals surface area contributed by atoms with Crippen LogP contribution in [0.25, 0.3) is 0 Å². The van der Waals surface area contributed by atoms with Gasteiger partial charge in [0.25, 0.3) is 5.91 Å². The number of halogens is 3. The average Bonchev–Trinajstić information content (AvgIpc) is 3.14. The summed E-state index contributed by atoms with van der Waals surface area (Å²) >= 11 is 1.42. The van der Waals surface area contributed by atoms with E-state index >= 15 is 0 Å². The smallest absolute Gasteiger partial charge is 0.479 e. The molecule has 12 nitrogen and oxygen atoms in total. The van der Waals surface area contributed by atoms with Gasteiger partial charge in [-0.25, -0.2) is 14.4 Å². The molecule has 16 heteroatoms. The Hall–Kier alpha value is -4.18. The highest BCUT2D eigenvalue weighted by atomic mass is 32.1. The number of rotatable bonds is 10. The third-order valence-corrected chi connectivity index (χ3v) is 6.08. The van der Waals surface area contributed by atoms with E-state index in [9.17, 15) is 32.3 Å². The van der Waals surface area contributed by atoms with Gasteiger partial charge in [0.05, 0.1) is 11.4 Å². The van der Waals surface area contributed by atoms with Crippen molar-refractivity contribution in [3.63, 3.8) is 0 Å². The van der Waals surface area contributed by atoms with Gasteiger partial charge in [0.15, 0.2) is 30.5 Å². The molecular weight excluding hydrogens is 553 g/mol. The zero-order chi connectivity index (χ0) is 29.2. The van der Waals surface area contributed by atoms with E-state index in [-0.39, 0.29) is 29.5 Å². The van der Waals surface area contributed by atoms with Crippen molar-refractivity contribution in [3.05, 3.63) is 45.1 Å². The van der Waals surface area contributed by atoms with Gasteiger partial charge in [0.1, 0.15) is 0 Å². The van der Waals surface area contributed by atoms with Gasteiger partial charge in [-0.15, -0.1) is 11.3 Å². The number of aliphatic carboxylic acids is 3. The minimum absolute atomic E-state index is 0.0104. The minimum Gasteiger partial charge on any atom is -0.479 e. The largest absolute Gasteiger partial charge is 0.490 e. The molecule has 0 spiro atoms. The standard InChI is InChI=1S/C21H22N2O8S.C2HF3O2/c24-14(9-23-21(29)18-8-13-3-5-22-6-4-17(13)32-18)12-1-2-15(30-10-19(25)26)16(7-12)31-11-20(27)28;3-2(4,5)1(6)7/h1-2,7-8,22H,3-6,9-11H2,(H,23,29)(H,25,26)(H,27,28);(H,6,7). The third-order valence-electron chi connectivity index (χ3n) is 4.84. The van der Waals surface area contributed by atoms with Gasteiger partial charge in [-0.05, 0) is 55.8 Å².